The first-order valence-electron chi connectivity index (χ1n) is 10.6. The Morgan fingerprint density at radius 2 is 2.00 bits per heavy atom. The quantitative estimate of drug-likeness (QED) is 0.353. The lowest BCUT2D eigenvalue weighted by atomic mass is 10.0. The molecule has 0 amide bonds. The number of nitrogens with one attached hydrogen (secondary N) is 2. The van der Waals surface area contributed by atoms with E-state index < -0.39 is 0 Å². The minimum absolute atomic E-state index is 0.611. The molecule has 6 nitrogen and oxygen atoms in total. The van der Waals surface area contributed by atoms with Gasteiger partial charge in [-0.1, -0.05) is 24.8 Å². The van der Waals surface area contributed by atoms with Crippen LogP contribution in [0.25, 0.3) is 33.4 Å². The lowest BCUT2D eigenvalue weighted by Gasteiger charge is -2.16. The topological polar surface area (TPSA) is 92.5 Å². The van der Waals surface area contributed by atoms with Crippen LogP contribution in [0.3, 0.4) is 0 Å². The van der Waals surface area contributed by atoms with Crippen molar-refractivity contribution >= 4 is 39.3 Å². The highest BCUT2D eigenvalue weighted by atomic mass is 32.1. The number of thiophene rings is 1. The molecule has 4 N–H and O–H groups in total. The molecule has 164 valence electrons. The smallest absolute Gasteiger partial charge is 0.181 e. The molecule has 7 heteroatoms. The molecule has 1 aliphatic rings. The third kappa shape index (κ3) is 4.10. The van der Waals surface area contributed by atoms with Gasteiger partial charge in [0.1, 0.15) is 0 Å². The standard InChI is InChI=1S/C26H24N6S/c1-15-8-9-24(33-15)21-6-4-5-7-23(16(21)2)30-17(3)25-22-11-19(13-29-26(22)32-31-25)18-10-20(27)14-28-12-18/h4-6,8-14,30H,3,7,27H2,1-2H3,(H,29,31,32). The van der Waals surface area contributed by atoms with Gasteiger partial charge in [0.05, 0.1) is 17.1 Å². The lowest BCUT2D eigenvalue weighted by Crippen LogP contribution is -2.13. The van der Waals surface area contributed by atoms with Crippen LogP contribution >= 0.6 is 11.3 Å². The highest BCUT2D eigenvalue weighted by Gasteiger charge is 2.16. The number of nitrogens with zero attached hydrogens (tertiary/aromatic N) is 3. The molecule has 0 atom stereocenters. The fourth-order valence-corrected chi connectivity index (χ4v) is 4.88. The van der Waals surface area contributed by atoms with E-state index in [0.29, 0.717) is 11.3 Å². The van der Waals surface area contributed by atoms with Gasteiger partial charge in [-0.2, -0.15) is 5.10 Å². The average Bonchev–Trinajstić information content (AvgIpc) is 3.39. The molecule has 0 aromatic carbocycles. The van der Waals surface area contributed by atoms with Gasteiger partial charge in [0.2, 0.25) is 0 Å². The molecular formula is C26H24N6S. The van der Waals surface area contributed by atoms with E-state index >= 15 is 0 Å². The zero-order valence-electron chi connectivity index (χ0n) is 18.5. The first-order valence-corrected chi connectivity index (χ1v) is 11.5. The number of H-pyrrole nitrogens is 1. The van der Waals surface area contributed by atoms with Crippen molar-refractivity contribution < 1.29 is 0 Å². The minimum atomic E-state index is 0.611. The summed E-state index contributed by atoms with van der Waals surface area (Å²) in [4.78, 5) is 11.3. The van der Waals surface area contributed by atoms with Crippen molar-refractivity contribution in [3.8, 4) is 11.1 Å². The van der Waals surface area contributed by atoms with E-state index in [2.05, 4.69) is 76.3 Å². The number of aromatic amines is 1. The van der Waals surface area contributed by atoms with Crippen molar-refractivity contribution in [3.05, 3.63) is 94.4 Å². The minimum Gasteiger partial charge on any atom is -0.397 e. The van der Waals surface area contributed by atoms with Crippen molar-refractivity contribution in [1.29, 1.82) is 0 Å². The summed E-state index contributed by atoms with van der Waals surface area (Å²) < 4.78 is 0. The third-order valence-corrected chi connectivity index (χ3v) is 6.72. The summed E-state index contributed by atoms with van der Waals surface area (Å²) in [7, 11) is 0. The Balaban J connectivity index is 1.48. The first-order chi connectivity index (χ1) is 16.0. The van der Waals surface area contributed by atoms with E-state index in [1.165, 1.54) is 20.9 Å². The van der Waals surface area contributed by atoms with Crippen LogP contribution in [0.5, 0.6) is 0 Å². The van der Waals surface area contributed by atoms with E-state index in [0.717, 1.165) is 40.0 Å². The third-order valence-electron chi connectivity index (χ3n) is 5.69. The van der Waals surface area contributed by atoms with Crippen LogP contribution in [0.15, 0.2) is 78.9 Å². The number of nitrogens with two attached hydrogens (primary N) is 1. The average molecular weight is 453 g/mol. The van der Waals surface area contributed by atoms with Crippen LogP contribution in [0.4, 0.5) is 5.69 Å². The van der Waals surface area contributed by atoms with Crippen LogP contribution in [0.1, 0.15) is 28.8 Å². The first kappa shape index (κ1) is 20.9. The number of hydrogen-bond donors (Lipinski definition) is 3. The second-order valence-corrected chi connectivity index (χ2v) is 9.32. The number of rotatable bonds is 5. The van der Waals surface area contributed by atoms with Crippen molar-refractivity contribution in [2.75, 3.05) is 5.73 Å². The Bertz CT molecular complexity index is 1470. The fraction of sp³-hybridized carbons (Fsp3) is 0.115. The second-order valence-electron chi connectivity index (χ2n) is 8.03. The largest absolute Gasteiger partial charge is 0.397 e. The highest BCUT2D eigenvalue weighted by Crippen LogP contribution is 2.33. The van der Waals surface area contributed by atoms with Crippen molar-refractivity contribution in [1.82, 2.24) is 25.5 Å². The Morgan fingerprint density at radius 1 is 1.15 bits per heavy atom. The molecule has 4 aromatic heterocycles. The van der Waals surface area contributed by atoms with Gasteiger partial charge < -0.3 is 11.1 Å². The predicted molar refractivity (Wildman–Crippen MR) is 137 cm³/mol. The summed E-state index contributed by atoms with van der Waals surface area (Å²) in [5.74, 6) is 0. The van der Waals surface area contributed by atoms with Crippen molar-refractivity contribution in [3.63, 3.8) is 0 Å². The van der Waals surface area contributed by atoms with Gasteiger partial charge in [-0.15, -0.1) is 11.3 Å². The maximum Gasteiger partial charge on any atom is 0.181 e. The number of pyridine rings is 2. The highest BCUT2D eigenvalue weighted by molar-refractivity contribution is 7.13. The number of fused-ring (bicyclic) bond motifs is 1. The monoisotopic (exact) mass is 452 g/mol. The number of hydrogen-bond acceptors (Lipinski definition) is 6. The van der Waals surface area contributed by atoms with Crippen LogP contribution < -0.4 is 11.1 Å². The molecule has 1 aliphatic carbocycles. The van der Waals surface area contributed by atoms with Gasteiger partial charge in [0.15, 0.2) is 5.65 Å². The molecule has 0 spiro atoms. The molecule has 33 heavy (non-hydrogen) atoms. The Kier molecular flexibility index (Phi) is 5.40. The van der Waals surface area contributed by atoms with E-state index in [-0.39, 0.29) is 0 Å². The number of anilines is 1. The number of aryl methyl sites for hydroxylation is 1. The molecule has 0 fully saturated rings. The summed E-state index contributed by atoms with van der Waals surface area (Å²) in [5.41, 5.74) is 14.1. The van der Waals surface area contributed by atoms with Crippen molar-refractivity contribution in [2.24, 2.45) is 0 Å². The SMILES string of the molecule is C=C(NC1=C(C)C(c2ccc(C)s2)=CC=CC1)c1[nH]nc2ncc(-c3cncc(N)c3)cc12. The van der Waals surface area contributed by atoms with E-state index in [1.807, 2.05) is 12.1 Å². The molecule has 0 unspecified atom stereocenters. The Hall–Kier alpha value is -3.97. The van der Waals surface area contributed by atoms with Gasteiger partial charge >= 0.3 is 0 Å². The molecule has 4 aromatic rings. The van der Waals surface area contributed by atoms with Crippen LogP contribution in [0.2, 0.25) is 0 Å². The Labute approximate surface area is 196 Å². The zero-order valence-corrected chi connectivity index (χ0v) is 19.3. The molecule has 0 radical (unpaired) electrons. The van der Waals surface area contributed by atoms with Gasteiger partial charge in [0.25, 0.3) is 0 Å². The molecule has 0 bridgehead atoms. The zero-order chi connectivity index (χ0) is 22.9. The molecular weight excluding hydrogens is 428 g/mol. The summed E-state index contributed by atoms with van der Waals surface area (Å²) in [6.07, 6.45) is 12.4. The summed E-state index contributed by atoms with van der Waals surface area (Å²) in [5, 5.41) is 11.9. The van der Waals surface area contributed by atoms with E-state index in [9.17, 15) is 0 Å². The maximum atomic E-state index is 5.91. The van der Waals surface area contributed by atoms with Gasteiger partial charge in [-0.05, 0) is 49.3 Å². The van der Waals surface area contributed by atoms with E-state index in [1.54, 1.807) is 29.9 Å². The van der Waals surface area contributed by atoms with Crippen LogP contribution in [-0.4, -0.2) is 20.2 Å². The Morgan fingerprint density at radius 3 is 2.79 bits per heavy atom. The van der Waals surface area contributed by atoms with Gasteiger partial charge in [-0.3, -0.25) is 10.1 Å². The molecule has 5 rings (SSSR count). The van der Waals surface area contributed by atoms with Crippen LogP contribution in [-0.2, 0) is 0 Å². The molecule has 0 saturated carbocycles. The number of aromatic nitrogens is 4. The molecule has 0 aliphatic heterocycles. The maximum absolute atomic E-state index is 5.91. The summed E-state index contributed by atoms with van der Waals surface area (Å²) in [6.45, 7) is 8.59. The predicted octanol–water partition coefficient (Wildman–Crippen LogP) is 5.85. The van der Waals surface area contributed by atoms with Gasteiger partial charge in [-0.25, -0.2) is 4.98 Å². The summed E-state index contributed by atoms with van der Waals surface area (Å²) in [6, 6.07) is 8.26. The van der Waals surface area contributed by atoms with E-state index in [4.69, 9.17) is 5.73 Å². The molecule has 0 saturated heterocycles. The van der Waals surface area contributed by atoms with Crippen LogP contribution in [0, 0.1) is 6.92 Å². The number of allylic oxidation sites excluding steroid dienone is 5. The second kappa shape index (κ2) is 8.52. The molecule has 4 heterocycles. The normalized spacial score (nSPS) is 13.8. The number of nitrogen functional groups attached to an aromatic ring is 1. The van der Waals surface area contributed by atoms with Gasteiger partial charge in [0, 0.05) is 57.0 Å². The summed E-state index contributed by atoms with van der Waals surface area (Å²) >= 11 is 1.80. The fourth-order valence-electron chi connectivity index (χ4n) is 3.93. The van der Waals surface area contributed by atoms with Crippen molar-refractivity contribution in [2.45, 2.75) is 20.3 Å². The lowest BCUT2D eigenvalue weighted by molar-refractivity contribution is 0.975.